The molecule has 0 bridgehead atoms. The van der Waals surface area contributed by atoms with Gasteiger partial charge in [0.05, 0.1) is 11.7 Å². The summed E-state index contributed by atoms with van der Waals surface area (Å²) in [5.41, 5.74) is 4.73. The van der Waals surface area contributed by atoms with Crippen molar-refractivity contribution in [2.24, 2.45) is 0 Å². The summed E-state index contributed by atoms with van der Waals surface area (Å²) in [5, 5.41) is 0. The number of unbranched alkanes of at least 4 members (excludes halogenated alkanes) is 4. The number of ether oxygens (including phenoxy) is 2. The largest absolute Gasteiger partial charge is 0.459 e. The van der Waals surface area contributed by atoms with Crippen LogP contribution in [0.1, 0.15) is 74.4 Å². The van der Waals surface area contributed by atoms with Crippen LogP contribution in [0.25, 0.3) is 17.2 Å². The molecule has 0 aromatic heterocycles. The minimum Gasteiger partial charge on any atom is -0.459 e. The Morgan fingerprint density at radius 3 is 2.00 bits per heavy atom. The second-order valence-corrected chi connectivity index (χ2v) is 9.22. The van der Waals surface area contributed by atoms with Crippen LogP contribution in [0.2, 0.25) is 0 Å². The molecule has 0 heterocycles. The maximum atomic E-state index is 12.3. The Hall–Kier alpha value is -3.66. The van der Waals surface area contributed by atoms with E-state index in [1.54, 1.807) is 30.3 Å². The lowest BCUT2D eigenvalue weighted by Crippen LogP contribution is -2.11. The monoisotopic (exact) mass is 484 g/mol. The van der Waals surface area contributed by atoms with Gasteiger partial charge < -0.3 is 9.47 Å². The second-order valence-electron chi connectivity index (χ2n) is 9.22. The van der Waals surface area contributed by atoms with Crippen molar-refractivity contribution < 1.29 is 19.1 Å². The summed E-state index contributed by atoms with van der Waals surface area (Å²) in [4.78, 5) is 24.3. The van der Waals surface area contributed by atoms with Gasteiger partial charge in [0.1, 0.15) is 5.75 Å². The highest BCUT2D eigenvalue weighted by molar-refractivity contribution is 5.90. The Morgan fingerprint density at radius 1 is 0.778 bits per heavy atom. The summed E-state index contributed by atoms with van der Waals surface area (Å²) >= 11 is 0. The van der Waals surface area contributed by atoms with Crippen LogP contribution in [-0.4, -0.2) is 18.0 Å². The lowest BCUT2D eigenvalue weighted by atomic mass is 10.0. The van der Waals surface area contributed by atoms with Crippen molar-refractivity contribution in [2.45, 2.75) is 65.4 Å². The van der Waals surface area contributed by atoms with Gasteiger partial charge in [-0.3, -0.25) is 0 Å². The van der Waals surface area contributed by atoms with Crippen LogP contribution in [0, 0.1) is 0 Å². The van der Waals surface area contributed by atoms with Gasteiger partial charge in [-0.25, -0.2) is 9.59 Å². The van der Waals surface area contributed by atoms with Crippen LogP contribution >= 0.6 is 0 Å². The molecule has 188 valence electrons. The second kappa shape index (κ2) is 14.0. The molecule has 0 saturated heterocycles. The first kappa shape index (κ1) is 26.9. The topological polar surface area (TPSA) is 52.6 Å². The molecule has 36 heavy (non-hydrogen) atoms. The average molecular weight is 485 g/mol. The third-order valence-electron chi connectivity index (χ3n) is 5.83. The molecule has 3 aromatic rings. The zero-order valence-electron chi connectivity index (χ0n) is 21.5. The van der Waals surface area contributed by atoms with E-state index in [1.165, 1.54) is 43.7 Å². The van der Waals surface area contributed by atoms with Crippen molar-refractivity contribution in [3.8, 4) is 16.9 Å². The Kier molecular flexibility index (Phi) is 10.5. The summed E-state index contributed by atoms with van der Waals surface area (Å²) < 4.78 is 10.7. The van der Waals surface area contributed by atoms with Crippen molar-refractivity contribution in [2.75, 3.05) is 0 Å². The summed E-state index contributed by atoms with van der Waals surface area (Å²) in [6.07, 6.45) is 10.6. The van der Waals surface area contributed by atoms with E-state index in [9.17, 15) is 9.59 Å². The molecule has 0 atom stereocenters. The summed E-state index contributed by atoms with van der Waals surface area (Å²) in [6.45, 7) is 5.88. The highest BCUT2D eigenvalue weighted by Gasteiger charge is 2.09. The molecule has 0 amide bonds. The highest BCUT2D eigenvalue weighted by Crippen LogP contribution is 2.23. The fourth-order valence-corrected chi connectivity index (χ4v) is 3.84. The van der Waals surface area contributed by atoms with Crippen LogP contribution in [0.5, 0.6) is 5.75 Å². The maximum absolute atomic E-state index is 12.3. The summed E-state index contributed by atoms with van der Waals surface area (Å²) in [7, 11) is 0. The number of hydrogen-bond donors (Lipinski definition) is 0. The Morgan fingerprint density at radius 2 is 1.39 bits per heavy atom. The predicted molar refractivity (Wildman–Crippen MR) is 146 cm³/mol. The van der Waals surface area contributed by atoms with E-state index in [-0.39, 0.29) is 12.1 Å². The molecule has 0 radical (unpaired) electrons. The number of benzene rings is 3. The number of hydrogen-bond acceptors (Lipinski definition) is 4. The number of carbonyl (C=O) groups is 2. The zero-order chi connectivity index (χ0) is 25.8. The molecule has 3 rings (SSSR count). The van der Waals surface area contributed by atoms with Gasteiger partial charge in [0, 0.05) is 6.08 Å². The van der Waals surface area contributed by atoms with Crippen LogP contribution in [0.3, 0.4) is 0 Å². The van der Waals surface area contributed by atoms with Gasteiger partial charge in [0.25, 0.3) is 0 Å². The number of aryl methyl sites for hydroxylation is 1. The standard InChI is InChI=1S/C32H36O4/c1-4-5-6-7-8-9-25-10-12-26(13-11-25)14-23-31(33)36-30-21-19-28(20-22-30)27-15-17-29(18-16-27)32(34)35-24(2)3/h10-24H,4-9H2,1-3H3/b23-14+. The van der Waals surface area contributed by atoms with E-state index in [1.807, 2.05) is 50.2 Å². The molecule has 0 aliphatic carbocycles. The minimum atomic E-state index is -0.421. The molecule has 4 heteroatoms. The van der Waals surface area contributed by atoms with E-state index in [2.05, 4.69) is 19.1 Å². The fourth-order valence-electron chi connectivity index (χ4n) is 3.84. The van der Waals surface area contributed by atoms with Gasteiger partial charge in [0.2, 0.25) is 0 Å². The van der Waals surface area contributed by atoms with Gasteiger partial charge in [0.15, 0.2) is 0 Å². The smallest absolute Gasteiger partial charge is 0.338 e. The van der Waals surface area contributed by atoms with Gasteiger partial charge in [-0.15, -0.1) is 0 Å². The highest BCUT2D eigenvalue weighted by atomic mass is 16.5. The molecule has 0 aliphatic heterocycles. The van der Waals surface area contributed by atoms with Crippen LogP contribution in [-0.2, 0) is 16.0 Å². The molecule has 0 saturated carbocycles. The molecular weight excluding hydrogens is 448 g/mol. The van der Waals surface area contributed by atoms with Crippen molar-refractivity contribution in [3.05, 3.63) is 95.6 Å². The first-order valence-electron chi connectivity index (χ1n) is 12.8. The lowest BCUT2D eigenvalue weighted by Gasteiger charge is -2.09. The average Bonchev–Trinajstić information content (AvgIpc) is 2.88. The van der Waals surface area contributed by atoms with Gasteiger partial charge >= 0.3 is 11.9 Å². The molecule has 0 N–H and O–H groups in total. The first-order valence-corrected chi connectivity index (χ1v) is 12.8. The quantitative estimate of drug-likeness (QED) is 0.113. The Labute approximate surface area is 215 Å². The molecule has 3 aromatic carbocycles. The molecule has 0 spiro atoms. The predicted octanol–water partition coefficient (Wildman–Crippen LogP) is 8.05. The number of esters is 2. The van der Waals surface area contributed by atoms with E-state index in [0.717, 1.165) is 23.1 Å². The van der Waals surface area contributed by atoms with Crippen molar-refractivity contribution in [1.29, 1.82) is 0 Å². The van der Waals surface area contributed by atoms with Crippen LogP contribution < -0.4 is 4.74 Å². The van der Waals surface area contributed by atoms with E-state index >= 15 is 0 Å². The summed E-state index contributed by atoms with van der Waals surface area (Å²) in [6, 6.07) is 22.9. The molecule has 0 unspecified atom stereocenters. The SMILES string of the molecule is CCCCCCCc1ccc(/C=C/C(=O)Oc2ccc(-c3ccc(C(=O)OC(C)C)cc3)cc2)cc1. The van der Waals surface area contributed by atoms with E-state index in [0.29, 0.717) is 11.3 Å². The van der Waals surface area contributed by atoms with Gasteiger partial charge in [-0.05, 0) is 79.3 Å². The van der Waals surface area contributed by atoms with E-state index in [4.69, 9.17) is 9.47 Å². The first-order chi connectivity index (χ1) is 17.4. The minimum absolute atomic E-state index is 0.155. The Balaban J connectivity index is 1.49. The zero-order valence-corrected chi connectivity index (χ0v) is 21.5. The third-order valence-corrected chi connectivity index (χ3v) is 5.83. The molecule has 0 aliphatic rings. The fraction of sp³-hybridized carbons (Fsp3) is 0.312. The molecular formula is C32H36O4. The number of carbonyl (C=O) groups excluding carboxylic acids is 2. The van der Waals surface area contributed by atoms with Crippen molar-refractivity contribution >= 4 is 18.0 Å². The van der Waals surface area contributed by atoms with Gasteiger partial charge in [-0.2, -0.15) is 0 Å². The lowest BCUT2D eigenvalue weighted by molar-refractivity contribution is -0.128. The normalized spacial score (nSPS) is 11.1. The maximum Gasteiger partial charge on any atom is 0.338 e. The summed E-state index contributed by atoms with van der Waals surface area (Å²) in [5.74, 6) is -0.277. The number of rotatable bonds is 12. The van der Waals surface area contributed by atoms with Crippen molar-refractivity contribution in [1.82, 2.24) is 0 Å². The third kappa shape index (κ3) is 8.84. The van der Waals surface area contributed by atoms with Crippen LogP contribution in [0.4, 0.5) is 0 Å². The molecule has 4 nitrogen and oxygen atoms in total. The van der Waals surface area contributed by atoms with E-state index < -0.39 is 5.97 Å². The van der Waals surface area contributed by atoms with Crippen LogP contribution in [0.15, 0.2) is 78.9 Å². The van der Waals surface area contributed by atoms with Gasteiger partial charge in [-0.1, -0.05) is 81.1 Å². The molecule has 0 fully saturated rings. The Bertz CT molecular complexity index is 1120. The van der Waals surface area contributed by atoms with Crippen molar-refractivity contribution in [3.63, 3.8) is 0 Å².